The van der Waals surface area contributed by atoms with E-state index in [4.69, 9.17) is 9.73 Å². The van der Waals surface area contributed by atoms with Crippen LogP contribution in [0.3, 0.4) is 0 Å². The largest absolute Gasteiger partial charge is 0.490 e. The zero-order chi connectivity index (χ0) is 21.8. The number of carbonyl (C=O) groups is 1. The lowest BCUT2D eigenvalue weighted by Gasteiger charge is -2.31. The van der Waals surface area contributed by atoms with Gasteiger partial charge in [-0.25, -0.2) is 0 Å². The van der Waals surface area contributed by atoms with Crippen LogP contribution in [-0.2, 0) is 4.79 Å². The number of amides is 1. The first-order valence-corrected chi connectivity index (χ1v) is 13.4. The van der Waals surface area contributed by atoms with Gasteiger partial charge in [0.25, 0.3) is 5.91 Å². The van der Waals surface area contributed by atoms with Crippen molar-refractivity contribution < 1.29 is 9.53 Å². The number of hydrogen-bond acceptors (Lipinski definition) is 4. The quantitative estimate of drug-likeness (QED) is 0.398. The molecule has 1 aromatic rings. The van der Waals surface area contributed by atoms with E-state index in [1.165, 1.54) is 38.5 Å². The molecular formula is C25H33BrN2O2S. The Morgan fingerprint density at radius 3 is 2.42 bits per heavy atom. The number of thioether (sulfide) groups is 1. The maximum atomic E-state index is 13.5. The van der Waals surface area contributed by atoms with E-state index >= 15 is 0 Å². The minimum absolute atomic E-state index is 0.120. The third-order valence-corrected chi connectivity index (χ3v) is 7.88. The first-order chi connectivity index (χ1) is 15.0. The molecule has 168 valence electrons. The molecule has 6 heteroatoms. The van der Waals surface area contributed by atoms with Gasteiger partial charge < -0.3 is 4.74 Å². The van der Waals surface area contributed by atoms with E-state index in [2.05, 4.69) is 15.9 Å². The van der Waals surface area contributed by atoms with Crippen molar-refractivity contribution in [3.8, 4) is 5.75 Å². The third-order valence-electron chi connectivity index (χ3n) is 6.26. The molecule has 1 aromatic carbocycles. The van der Waals surface area contributed by atoms with Crippen LogP contribution in [0.15, 0.2) is 32.6 Å². The third kappa shape index (κ3) is 5.75. The number of aliphatic imine (C=N–C) groups is 1. The van der Waals surface area contributed by atoms with Crippen molar-refractivity contribution in [1.29, 1.82) is 0 Å². The van der Waals surface area contributed by atoms with Crippen LogP contribution in [-0.4, -0.2) is 34.2 Å². The van der Waals surface area contributed by atoms with E-state index in [9.17, 15) is 4.79 Å². The highest BCUT2D eigenvalue weighted by molar-refractivity contribution is 9.10. The number of carbonyl (C=O) groups excluding carboxylic acids is 1. The Bertz CT molecular complexity index is 855. The van der Waals surface area contributed by atoms with Gasteiger partial charge in [0.05, 0.1) is 21.5 Å². The maximum absolute atomic E-state index is 13.5. The van der Waals surface area contributed by atoms with E-state index in [0.29, 0.717) is 12.1 Å². The Morgan fingerprint density at radius 2 is 1.77 bits per heavy atom. The number of nitrogens with zero attached hydrogens (tertiary/aromatic N) is 2. The monoisotopic (exact) mass is 504 g/mol. The average molecular weight is 506 g/mol. The van der Waals surface area contributed by atoms with E-state index < -0.39 is 0 Å². The summed E-state index contributed by atoms with van der Waals surface area (Å²) in [5.74, 6) is 0.955. The molecule has 1 heterocycles. The zero-order valence-electron chi connectivity index (χ0n) is 18.6. The summed E-state index contributed by atoms with van der Waals surface area (Å²) in [5, 5.41) is 0.939. The Labute approximate surface area is 199 Å². The number of hydrogen-bond donors (Lipinski definition) is 0. The maximum Gasteiger partial charge on any atom is 0.266 e. The SMILES string of the molecule is CC(C)Oc1ccc(C=C2SC(=NC3CCCCC3)N(C3CCCCC3)C2=O)cc1Br. The highest BCUT2D eigenvalue weighted by atomic mass is 79.9. The fourth-order valence-corrected chi connectivity index (χ4v) is 6.31. The molecule has 0 spiro atoms. The van der Waals surface area contributed by atoms with Gasteiger partial charge in [-0.1, -0.05) is 44.6 Å². The molecular weight excluding hydrogens is 472 g/mol. The molecule has 1 saturated heterocycles. The molecule has 3 fully saturated rings. The second kappa shape index (κ2) is 10.6. The molecule has 4 rings (SSSR count). The van der Waals surface area contributed by atoms with Gasteiger partial charge in [0, 0.05) is 6.04 Å². The molecule has 0 bridgehead atoms. The van der Waals surface area contributed by atoms with Crippen LogP contribution in [0, 0.1) is 0 Å². The van der Waals surface area contributed by atoms with Crippen molar-refractivity contribution in [2.75, 3.05) is 0 Å². The summed E-state index contributed by atoms with van der Waals surface area (Å²) in [7, 11) is 0. The number of benzene rings is 1. The minimum atomic E-state index is 0.120. The Balaban J connectivity index is 1.60. The van der Waals surface area contributed by atoms with E-state index in [0.717, 1.165) is 51.5 Å². The van der Waals surface area contributed by atoms with Crippen molar-refractivity contribution in [3.63, 3.8) is 0 Å². The Kier molecular flexibility index (Phi) is 7.81. The van der Waals surface area contributed by atoms with Crippen molar-refractivity contribution in [3.05, 3.63) is 33.1 Å². The molecule has 0 aromatic heterocycles. The molecule has 2 aliphatic carbocycles. The van der Waals surface area contributed by atoms with Crippen LogP contribution in [0.4, 0.5) is 0 Å². The summed E-state index contributed by atoms with van der Waals surface area (Å²) in [6.07, 6.45) is 14.1. The van der Waals surface area contributed by atoms with Gasteiger partial charge in [-0.2, -0.15) is 0 Å². The van der Waals surface area contributed by atoms with E-state index in [1.807, 2.05) is 43.0 Å². The molecule has 0 unspecified atom stereocenters. The van der Waals surface area contributed by atoms with Crippen LogP contribution in [0.25, 0.3) is 6.08 Å². The van der Waals surface area contributed by atoms with Gasteiger partial charge in [0.1, 0.15) is 5.75 Å². The molecule has 0 N–H and O–H groups in total. The minimum Gasteiger partial charge on any atom is -0.490 e. The van der Waals surface area contributed by atoms with E-state index in [-0.39, 0.29) is 12.0 Å². The van der Waals surface area contributed by atoms with Crippen molar-refractivity contribution in [2.24, 2.45) is 4.99 Å². The van der Waals surface area contributed by atoms with Crippen LogP contribution < -0.4 is 4.74 Å². The predicted molar refractivity (Wildman–Crippen MR) is 134 cm³/mol. The Hall–Kier alpha value is -1.27. The van der Waals surface area contributed by atoms with E-state index in [1.54, 1.807) is 11.8 Å². The zero-order valence-corrected chi connectivity index (χ0v) is 21.0. The second-order valence-corrected chi connectivity index (χ2v) is 11.0. The van der Waals surface area contributed by atoms with Gasteiger partial charge >= 0.3 is 0 Å². The van der Waals surface area contributed by atoms with Crippen molar-refractivity contribution >= 4 is 44.8 Å². The summed E-state index contributed by atoms with van der Waals surface area (Å²) in [4.78, 5) is 21.4. The smallest absolute Gasteiger partial charge is 0.266 e. The van der Waals surface area contributed by atoms with Crippen molar-refractivity contribution in [1.82, 2.24) is 4.90 Å². The van der Waals surface area contributed by atoms with Crippen LogP contribution >= 0.6 is 27.7 Å². The molecule has 0 radical (unpaired) electrons. The lowest BCUT2D eigenvalue weighted by atomic mass is 9.94. The van der Waals surface area contributed by atoms with Gasteiger partial charge in [0.15, 0.2) is 5.17 Å². The molecule has 31 heavy (non-hydrogen) atoms. The highest BCUT2D eigenvalue weighted by Gasteiger charge is 2.39. The molecule has 3 aliphatic rings. The summed E-state index contributed by atoms with van der Waals surface area (Å²) in [5.41, 5.74) is 1.00. The number of halogens is 1. The lowest BCUT2D eigenvalue weighted by Crippen LogP contribution is -2.41. The summed E-state index contributed by atoms with van der Waals surface area (Å²) in [6.45, 7) is 4.03. The summed E-state index contributed by atoms with van der Waals surface area (Å²) >= 11 is 5.18. The van der Waals surface area contributed by atoms with Crippen LogP contribution in [0.1, 0.15) is 83.6 Å². The van der Waals surface area contributed by atoms with Crippen LogP contribution in [0.2, 0.25) is 0 Å². The molecule has 2 saturated carbocycles. The van der Waals surface area contributed by atoms with Crippen LogP contribution in [0.5, 0.6) is 5.75 Å². The topological polar surface area (TPSA) is 41.9 Å². The summed E-state index contributed by atoms with van der Waals surface area (Å²) in [6, 6.07) is 6.69. The molecule has 4 nitrogen and oxygen atoms in total. The Morgan fingerprint density at radius 1 is 1.10 bits per heavy atom. The number of rotatable bonds is 5. The van der Waals surface area contributed by atoms with Crippen molar-refractivity contribution in [2.45, 2.75) is 96.2 Å². The van der Waals surface area contributed by atoms with Gasteiger partial charge in [-0.15, -0.1) is 0 Å². The number of amidine groups is 1. The highest BCUT2D eigenvalue weighted by Crippen LogP contribution is 2.39. The standard InChI is InChI=1S/C25H33BrN2O2S/c1-17(2)30-22-14-13-18(15-21(22)26)16-23-24(29)28(20-11-7-4-8-12-20)25(31-23)27-19-9-5-3-6-10-19/h13-17,19-20H,3-12H2,1-2H3. The molecule has 1 aliphatic heterocycles. The average Bonchev–Trinajstić information content (AvgIpc) is 3.05. The molecule has 1 amide bonds. The van der Waals surface area contributed by atoms with Gasteiger partial charge in [0.2, 0.25) is 0 Å². The first-order valence-electron chi connectivity index (χ1n) is 11.8. The lowest BCUT2D eigenvalue weighted by molar-refractivity contribution is -0.124. The fourth-order valence-electron chi connectivity index (χ4n) is 4.71. The second-order valence-electron chi connectivity index (χ2n) is 9.14. The fraction of sp³-hybridized carbons (Fsp3) is 0.600. The predicted octanol–water partition coefficient (Wildman–Crippen LogP) is 7.17. The number of ether oxygens (including phenoxy) is 1. The normalized spacial score (nSPS) is 24.0. The van der Waals surface area contributed by atoms with Gasteiger partial charge in [-0.3, -0.25) is 14.7 Å². The van der Waals surface area contributed by atoms with Gasteiger partial charge in [-0.05, 0) is 91.0 Å². The molecule has 0 atom stereocenters. The first kappa shape index (κ1) is 22.9. The summed E-state index contributed by atoms with van der Waals surface area (Å²) < 4.78 is 6.73.